The van der Waals surface area contributed by atoms with Gasteiger partial charge in [0.25, 0.3) is 0 Å². The second kappa shape index (κ2) is 3.32. The Kier molecular flexibility index (Phi) is 2.31. The predicted octanol–water partition coefficient (Wildman–Crippen LogP) is 1.95. The lowest BCUT2D eigenvalue weighted by molar-refractivity contribution is -0.120. The first-order valence-corrected chi connectivity index (χ1v) is 5.44. The van der Waals surface area contributed by atoms with Crippen LogP contribution in [0.2, 0.25) is 0 Å². The molecule has 2 bridgehead atoms. The molecule has 2 saturated carbocycles. The van der Waals surface area contributed by atoms with Gasteiger partial charge in [-0.2, -0.15) is 0 Å². The van der Waals surface area contributed by atoms with E-state index in [-0.39, 0.29) is 5.91 Å². The van der Waals surface area contributed by atoms with E-state index >= 15 is 0 Å². The standard InChI is InChI=1S/C11H19NO/c1-7(12-8(2)13)11-6-9-3-4-10(11)5-9/h7,9-11H,3-6H2,1-2H3,(H,12,13). The molecule has 4 atom stereocenters. The van der Waals surface area contributed by atoms with E-state index in [0.717, 1.165) is 17.8 Å². The number of amides is 1. The summed E-state index contributed by atoms with van der Waals surface area (Å²) in [6, 6.07) is 0.396. The third kappa shape index (κ3) is 1.72. The fourth-order valence-electron chi connectivity index (χ4n) is 3.33. The highest BCUT2D eigenvalue weighted by atomic mass is 16.1. The maximum Gasteiger partial charge on any atom is 0.217 e. The molecule has 0 heterocycles. The third-order valence-corrected chi connectivity index (χ3v) is 3.87. The summed E-state index contributed by atoms with van der Waals surface area (Å²) < 4.78 is 0. The SMILES string of the molecule is CC(=O)NC(C)C1CC2CCC1C2. The van der Waals surface area contributed by atoms with Gasteiger partial charge in [-0.25, -0.2) is 0 Å². The van der Waals surface area contributed by atoms with Crippen LogP contribution in [0.15, 0.2) is 0 Å². The smallest absolute Gasteiger partial charge is 0.217 e. The number of hydrogen-bond acceptors (Lipinski definition) is 1. The summed E-state index contributed by atoms with van der Waals surface area (Å²) in [5, 5.41) is 3.03. The minimum absolute atomic E-state index is 0.121. The Morgan fingerprint density at radius 1 is 1.38 bits per heavy atom. The van der Waals surface area contributed by atoms with Crippen molar-refractivity contribution in [1.29, 1.82) is 0 Å². The van der Waals surface area contributed by atoms with Crippen molar-refractivity contribution < 1.29 is 4.79 Å². The fourth-order valence-corrected chi connectivity index (χ4v) is 3.33. The quantitative estimate of drug-likeness (QED) is 0.693. The lowest BCUT2D eigenvalue weighted by Gasteiger charge is -2.28. The first kappa shape index (κ1) is 9.04. The van der Waals surface area contributed by atoms with Crippen LogP contribution in [0.5, 0.6) is 0 Å². The van der Waals surface area contributed by atoms with Crippen molar-refractivity contribution in [2.75, 3.05) is 0 Å². The normalized spacial score (nSPS) is 39.1. The van der Waals surface area contributed by atoms with Gasteiger partial charge in [-0.05, 0) is 43.9 Å². The van der Waals surface area contributed by atoms with Crippen molar-refractivity contribution >= 4 is 5.91 Å². The number of carbonyl (C=O) groups excluding carboxylic acids is 1. The molecule has 0 aromatic heterocycles. The molecule has 2 rings (SSSR count). The molecule has 2 aliphatic carbocycles. The number of nitrogens with one attached hydrogen (secondary N) is 1. The molecule has 13 heavy (non-hydrogen) atoms. The zero-order valence-corrected chi connectivity index (χ0v) is 8.55. The zero-order valence-electron chi connectivity index (χ0n) is 8.55. The number of fused-ring (bicyclic) bond motifs is 2. The topological polar surface area (TPSA) is 29.1 Å². The Morgan fingerprint density at radius 3 is 2.62 bits per heavy atom. The number of hydrogen-bond donors (Lipinski definition) is 1. The van der Waals surface area contributed by atoms with E-state index < -0.39 is 0 Å². The van der Waals surface area contributed by atoms with Crippen LogP contribution in [0.25, 0.3) is 0 Å². The van der Waals surface area contributed by atoms with Crippen LogP contribution < -0.4 is 5.32 Å². The van der Waals surface area contributed by atoms with Crippen LogP contribution in [0, 0.1) is 17.8 Å². The molecule has 2 nitrogen and oxygen atoms in total. The summed E-state index contributed by atoms with van der Waals surface area (Å²) in [5.74, 6) is 2.77. The summed E-state index contributed by atoms with van der Waals surface area (Å²) >= 11 is 0. The summed E-state index contributed by atoms with van der Waals surface area (Å²) in [4.78, 5) is 10.9. The average molecular weight is 181 g/mol. The van der Waals surface area contributed by atoms with Gasteiger partial charge in [-0.3, -0.25) is 4.79 Å². The predicted molar refractivity (Wildman–Crippen MR) is 52.2 cm³/mol. The van der Waals surface area contributed by atoms with Crippen molar-refractivity contribution in [3.05, 3.63) is 0 Å². The second-order valence-corrected chi connectivity index (χ2v) is 4.83. The van der Waals surface area contributed by atoms with Crippen molar-refractivity contribution in [3.63, 3.8) is 0 Å². The monoisotopic (exact) mass is 181 g/mol. The lowest BCUT2D eigenvalue weighted by Crippen LogP contribution is -2.38. The molecule has 2 heteroatoms. The molecular formula is C11H19NO. The minimum Gasteiger partial charge on any atom is -0.354 e. The average Bonchev–Trinajstić information content (AvgIpc) is 2.62. The van der Waals surface area contributed by atoms with Gasteiger partial charge in [-0.1, -0.05) is 6.42 Å². The highest BCUT2D eigenvalue weighted by Gasteiger charge is 2.41. The van der Waals surface area contributed by atoms with Gasteiger partial charge in [0.2, 0.25) is 5.91 Å². The molecule has 0 radical (unpaired) electrons. The molecule has 0 spiro atoms. The molecule has 0 aromatic carbocycles. The Hall–Kier alpha value is -0.530. The van der Waals surface area contributed by atoms with Gasteiger partial charge in [-0.15, -0.1) is 0 Å². The molecule has 4 unspecified atom stereocenters. The molecule has 1 amide bonds. The van der Waals surface area contributed by atoms with Gasteiger partial charge < -0.3 is 5.32 Å². The van der Waals surface area contributed by atoms with Crippen LogP contribution in [0.4, 0.5) is 0 Å². The summed E-state index contributed by atoms with van der Waals surface area (Å²) in [7, 11) is 0. The molecule has 0 aliphatic heterocycles. The van der Waals surface area contributed by atoms with Gasteiger partial charge in [0.15, 0.2) is 0 Å². The number of carbonyl (C=O) groups is 1. The maximum absolute atomic E-state index is 10.9. The fraction of sp³-hybridized carbons (Fsp3) is 0.909. The van der Waals surface area contributed by atoms with Gasteiger partial charge in [0.05, 0.1) is 0 Å². The molecule has 74 valence electrons. The highest BCUT2D eigenvalue weighted by molar-refractivity contribution is 5.73. The summed E-state index contributed by atoms with van der Waals surface area (Å²) in [6.07, 6.45) is 5.62. The lowest BCUT2D eigenvalue weighted by atomic mass is 9.84. The van der Waals surface area contributed by atoms with Crippen LogP contribution >= 0.6 is 0 Å². The molecule has 1 N–H and O–H groups in total. The Balaban J connectivity index is 1.91. The van der Waals surface area contributed by atoms with Gasteiger partial charge in [0, 0.05) is 13.0 Å². The third-order valence-electron chi connectivity index (χ3n) is 3.87. The zero-order chi connectivity index (χ0) is 9.42. The minimum atomic E-state index is 0.121. The van der Waals surface area contributed by atoms with E-state index in [9.17, 15) is 4.79 Å². The van der Waals surface area contributed by atoms with Crippen molar-refractivity contribution in [2.45, 2.75) is 45.6 Å². The summed E-state index contributed by atoms with van der Waals surface area (Å²) in [6.45, 7) is 3.77. The Labute approximate surface area is 80.1 Å². The first-order valence-electron chi connectivity index (χ1n) is 5.44. The van der Waals surface area contributed by atoms with Gasteiger partial charge in [0.1, 0.15) is 0 Å². The Bertz CT molecular complexity index is 214. The molecule has 0 saturated heterocycles. The molecule has 0 aromatic rings. The second-order valence-electron chi connectivity index (χ2n) is 4.83. The first-order chi connectivity index (χ1) is 6.16. The van der Waals surface area contributed by atoms with Gasteiger partial charge >= 0.3 is 0 Å². The van der Waals surface area contributed by atoms with E-state index in [1.165, 1.54) is 25.7 Å². The van der Waals surface area contributed by atoms with E-state index in [1.807, 2.05) is 0 Å². The van der Waals surface area contributed by atoms with E-state index in [0.29, 0.717) is 6.04 Å². The van der Waals surface area contributed by atoms with Crippen LogP contribution in [0.1, 0.15) is 39.5 Å². The Morgan fingerprint density at radius 2 is 2.15 bits per heavy atom. The van der Waals surface area contributed by atoms with Crippen LogP contribution in [-0.4, -0.2) is 11.9 Å². The highest BCUT2D eigenvalue weighted by Crippen LogP contribution is 2.49. The molecule has 2 aliphatic rings. The summed E-state index contributed by atoms with van der Waals surface area (Å²) in [5.41, 5.74) is 0. The van der Waals surface area contributed by atoms with Crippen molar-refractivity contribution in [2.24, 2.45) is 17.8 Å². The molecule has 2 fully saturated rings. The van der Waals surface area contributed by atoms with Crippen LogP contribution in [0.3, 0.4) is 0 Å². The van der Waals surface area contributed by atoms with E-state index in [1.54, 1.807) is 6.92 Å². The van der Waals surface area contributed by atoms with Crippen molar-refractivity contribution in [1.82, 2.24) is 5.32 Å². The van der Waals surface area contributed by atoms with E-state index in [2.05, 4.69) is 12.2 Å². The van der Waals surface area contributed by atoms with Crippen LogP contribution in [-0.2, 0) is 4.79 Å². The molecular weight excluding hydrogens is 162 g/mol. The van der Waals surface area contributed by atoms with Crippen molar-refractivity contribution in [3.8, 4) is 0 Å². The number of rotatable bonds is 2. The van der Waals surface area contributed by atoms with E-state index in [4.69, 9.17) is 0 Å². The maximum atomic E-state index is 10.9. The largest absolute Gasteiger partial charge is 0.354 e.